The van der Waals surface area contributed by atoms with Gasteiger partial charge >= 0.3 is 0 Å². The number of para-hydroxylation sites is 1. The Morgan fingerprint density at radius 1 is 0.919 bits per heavy atom. The first kappa shape index (κ1) is 24.7. The molecule has 0 aliphatic heterocycles. The zero-order valence-electron chi connectivity index (χ0n) is 19.9. The Morgan fingerprint density at radius 2 is 1.59 bits per heavy atom. The van der Waals surface area contributed by atoms with Gasteiger partial charge in [0.1, 0.15) is 5.69 Å². The van der Waals surface area contributed by atoms with Crippen molar-refractivity contribution in [3.63, 3.8) is 0 Å². The monoisotopic (exact) mass is 576 g/mol. The van der Waals surface area contributed by atoms with Gasteiger partial charge in [0, 0.05) is 29.3 Å². The fraction of sp³-hybridized carbons (Fsp3) is 0.0741. The number of hydrogen-bond donors (Lipinski definition) is 0. The number of halogens is 1. The Hall–Kier alpha value is -4.02. The summed E-state index contributed by atoms with van der Waals surface area (Å²) in [7, 11) is -2.93. The molecule has 37 heavy (non-hydrogen) atoms. The number of pyridine rings is 1. The van der Waals surface area contributed by atoms with Gasteiger partial charge in [0.25, 0.3) is 21.5 Å². The van der Waals surface area contributed by atoms with Gasteiger partial charge in [-0.1, -0.05) is 58.4 Å². The summed E-state index contributed by atoms with van der Waals surface area (Å²) in [6, 6.07) is 21.8. The fourth-order valence-corrected chi connectivity index (χ4v) is 6.43. The van der Waals surface area contributed by atoms with Crippen molar-refractivity contribution in [1.82, 2.24) is 14.3 Å². The molecule has 0 aliphatic carbocycles. The SMILES string of the molecule is Cc1c(N(C(=O)c2cccnc2)S(=O)(=O)c2ccc(Br)c3ccccc23)c(=O)n(-c2ccccc2)n1C. The van der Waals surface area contributed by atoms with Crippen molar-refractivity contribution in [1.29, 1.82) is 0 Å². The molecule has 0 unspecified atom stereocenters. The minimum atomic E-state index is -4.57. The number of anilines is 1. The van der Waals surface area contributed by atoms with Crippen LogP contribution in [0.2, 0.25) is 0 Å². The van der Waals surface area contributed by atoms with Crippen LogP contribution < -0.4 is 9.86 Å². The third-order valence-electron chi connectivity index (χ3n) is 6.17. The maximum atomic E-state index is 14.3. The molecule has 186 valence electrons. The van der Waals surface area contributed by atoms with E-state index >= 15 is 0 Å². The van der Waals surface area contributed by atoms with E-state index in [4.69, 9.17) is 0 Å². The summed E-state index contributed by atoms with van der Waals surface area (Å²) in [5.41, 5.74) is -0.0391. The molecule has 1 amide bonds. The van der Waals surface area contributed by atoms with Crippen molar-refractivity contribution < 1.29 is 13.2 Å². The minimum absolute atomic E-state index is 0.0291. The van der Waals surface area contributed by atoms with Crippen LogP contribution in [-0.4, -0.2) is 28.7 Å². The molecule has 0 fully saturated rings. The highest BCUT2D eigenvalue weighted by Crippen LogP contribution is 2.34. The van der Waals surface area contributed by atoms with Crippen molar-refractivity contribution in [3.8, 4) is 5.69 Å². The minimum Gasteiger partial charge on any atom is -0.283 e. The van der Waals surface area contributed by atoms with Gasteiger partial charge in [-0.05, 0) is 48.7 Å². The van der Waals surface area contributed by atoms with E-state index in [1.54, 1.807) is 68.6 Å². The summed E-state index contributed by atoms with van der Waals surface area (Å²) in [5, 5.41) is 1.07. The second kappa shape index (κ2) is 9.45. The molecule has 0 saturated heterocycles. The third kappa shape index (κ3) is 4.08. The van der Waals surface area contributed by atoms with E-state index in [-0.39, 0.29) is 16.1 Å². The Morgan fingerprint density at radius 3 is 2.27 bits per heavy atom. The van der Waals surface area contributed by atoms with E-state index in [2.05, 4.69) is 20.9 Å². The molecule has 0 N–H and O–H groups in total. The highest BCUT2D eigenvalue weighted by Gasteiger charge is 2.38. The van der Waals surface area contributed by atoms with Crippen molar-refractivity contribution in [2.45, 2.75) is 11.8 Å². The van der Waals surface area contributed by atoms with Crippen LogP contribution >= 0.6 is 15.9 Å². The van der Waals surface area contributed by atoms with E-state index < -0.39 is 21.5 Å². The van der Waals surface area contributed by atoms with Gasteiger partial charge in [0.2, 0.25) is 0 Å². The Balaban J connectivity index is 1.83. The number of sulfonamides is 1. The quantitative estimate of drug-likeness (QED) is 0.298. The van der Waals surface area contributed by atoms with Crippen LogP contribution in [-0.2, 0) is 17.1 Å². The lowest BCUT2D eigenvalue weighted by Crippen LogP contribution is -2.40. The lowest BCUT2D eigenvalue weighted by molar-refractivity contribution is 0.100. The maximum Gasteiger partial charge on any atom is 0.296 e. The largest absolute Gasteiger partial charge is 0.296 e. The van der Waals surface area contributed by atoms with E-state index in [1.165, 1.54) is 40.0 Å². The standard InChI is InChI=1S/C27H21BrN4O4S/c1-18-25(27(34)31(30(18)2)20-10-4-3-5-11-20)32(26(33)19-9-8-16-29-17-19)37(35,36)24-15-14-23(28)21-12-6-7-13-22(21)24/h3-17H,1-2H3. The summed E-state index contributed by atoms with van der Waals surface area (Å²) >= 11 is 3.47. The van der Waals surface area contributed by atoms with Crippen LogP contribution in [0.3, 0.4) is 0 Å². The number of rotatable bonds is 5. The molecule has 8 nitrogen and oxygen atoms in total. The first-order valence-corrected chi connectivity index (χ1v) is 13.5. The zero-order valence-corrected chi connectivity index (χ0v) is 22.3. The number of nitrogens with zero attached hydrogens (tertiary/aromatic N) is 4. The van der Waals surface area contributed by atoms with Crippen molar-refractivity contribution in [3.05, 3.63) is 117 Å². The van der Waals surface area contributed by atoms with Gasteiger partial charge in [-0.25, -0.2) is 13.1 Å². The van der Waals surface area contributed by atoms with Crippen LogP contribution in [0, 0.1) is 6.92 Å². The van der Waals surface area contributed by atoms with Gasteiger partial charge < -0.3 is 0 Å². The molecule has 0 spiro atoms. The van der Waals surface area contributed by atoms with Crippen LogP contribution in [0.4, 0.5) is 5.69 Å². The number of amides is 1. The maximum absolute atomic E-state index is 14.3. The number of carbonyl (C=O) groups is 1. The first-order valence-electron chi connectivity index (χ1n) is 11.2. The van der Waals surface area contributed by atoms with Crippen molar-refractivity contribution in [2.24, 2.45) is 7.05 Å². The molecule has 5 aromatic rings. The number of aromatic nitrogens is 3. The number of carbonyl (C=O) groups excluding carboxylic acids is 1. The predicted octanol–water partition coefficient (Wildman–Crippen LogP) is 4.83. The van der Waals surface area contributed by atoms with E-state index in [1.807, 2.05) is 6.07 Å². The average molecular weight is 577 g/mol. The van der Waals surface area contributed by atoms with Crippen LogP contribution in [0.1, 0.15) is 16.1 Å². The van der Waals surface area contributed by atoms with Gasteiger partial charge in [-0.2, -0.15) is 4.31 Å². The summed E-state index contributed by atoms with van der Waals surface area (Å²) in [5.74, 6) is -0.883. The Kier molecular flexibility index (Phi) is 6.30. The molecule has 0 saturated carbocycles. The molecule has 2 heterocycles. The second-order valence-electron chi connectivity index (χ2n) is 8.32. The zero-order chi connectivity index (χ0) is 26.3. The summed E-state index contributed by atoms with van der Waals surface area (Å²) in [4.78, 5) is 31.6. The molecule has 5 rings (SSSR count). The fourth-order valence-electron chi connectivity index (χ4n) is 4.28. The third-order valence-corrected chi connectivity index (χ3v) is 8.60. The Bertz CT molecular complexity index is 1810. The molecular formula is C27H21BrN4O4S. The number of fused-ring (bicyclic) bond motifs is 1. The van der Waals surface area contributed by atoms with Crippen LogP contribution in [0.15, 0.2) is 105 Å². The van der Waals surface area contributed by atoms with E-state index in [0.29, 0.717) is 30.9 Å². The number of benzene rings is 3. The second-order valence-corrected chi connectivity index (χ2v) is 10.9. The highest BCUT2D eigenvalue weighted by atomic mass is 79.9. The highest BCUT2D eigenvalue weighted by molar-refractivity contribution is 9.10. The van der Waals surface area contributed by atoms with Crippen LogP contribution in [0.5, 0.6) is 0 Å². The molecule has 0 atom stereocenters. The first-order chi connectivity index (χ1) is 17.7. The molecule has 0 bridgehead atoms. The summed E-state index contributed by atoms with van der Waals surface area (Å²) in [6.45, 7) is 1.61. The molecule has 0 radical (unpaired) electrons. The smallest absolute Gasteiger partial charge is 0.283 e. The normalized spacial score (nSPS) is 11.5. The van der Waals surface area contributed by atoms with Gasteiger partial charge in [0.15, 0.2) is 0 Å². The lowest BCUT2D eigenvalue weighted by Gasteiger charge is -2.22. The number of hydrogen-bond acceptors (Lipinski definition) is 5. The molecule has 2 aromatic heterocycles. The van der Waals surface area contributed by atoms with Crippen molar-refractivity contribution >= 4 is 48.3 Å². The molecule has 0 aliphatic rings. The molecular weight excluding hydrogens is 556 g/mol. The topological polar surface area (TPSA) is 94.3 Å². The van der Waals surface area contributed by atoms with Gasteiger partial charge in [0.05, 0.1) is 21.8 Å². The molecule has 3 aromatic carbocycles. The van der Waals surface area contributed by atoms with E-state index in [9.17, 15) is 18.0 Å². The van der Waals surface area contributed by atoms with Gasteiger partial charge in [-0.15, -0.1) is 0 Å². The van der Waals surface area contributed by atoms with Gasteiger partial charge in [-0.3, -0.25) is 19.3 Å². The summed E-state index contributed by atoms with van der Waals surface area (Å²) in [6.07, 6.45) is 2.76. The average Bonchev–Trinajstić information content (AvgIpc) is 3.13. The van der Waals surface area contributed by atoms with E-state index in [0.717, 1.165) is 0 Å². The summed E-state index contributed by atoms with van der Waals surface area (Å²) < 4.78 is 32.9. The van der Waals surface area contributed by atoms with Crippen LogP contribution in [0.25, 0.3) is 16.5 Å². The Labute approximate surface area is 221 Å². The predicted molar refractivity (Wildman–Crippen MR) is 146 cm³/mol. The van der Waals surface area contributed by atoms with Crippen molar-refractivity contribution in [2.75, 3.05) is 4.31 Å². The molecule has 10 heteroatoms. The lowest BCUT2D eigenvalue weighted by atomic mass is 10.1.